The zero-order valence-corrected chi connectivity index (χ0v) is 17.1. The lowest BCUT2D eigenvalue weighted by atomic mass is 10.1. The fraction of sp³-hybridized carbons (Fsp3) is 0.500. The molecule has 0 aliphatic rings. The number of benzene rings is 1. The molecule has 1 atom stereocenters. The van der Waals surface area contributed by atoms with Crippen LogP contribution in [0.4, 0.5) is 23.5 Å². The van der Waals surface area contributed by atoms with E-state index in [1.54, 1.807) is 0 Å². The van der Waals surface area contributed by atoms with E-state index in [-0.39, 0.29) is 41.9 Å². The molecule has 1 unspecified atom stereocenters. The second kappa shape index (κ2) is 8.94. The second-order valence-electron chi connectivity index (χ2n) is 5.92. The van der Waals surface area contributed by atoms with Gasteiger partial charge in [0.05, 0.1) is 12.1 Å². The highest BCUT2D eigenvalue weighted by molar-refractivity contribution is 9.10. The number of fused-ring (bicyclic) bond motifs is 1. The Bertz CT molecular complexity index is 792. The van der Waals surface area contributed by atoms with Crippen LogP contribution in [0.15, 0.2) is 22.8 Å². The van der Waals surface area contributed by atoms with Crippen LogP contribution in [0.5, 0.6) is 0 Å². The normalized spacial score (nSPS) is 13.8. The van der Waals surface area contributed by atoms with Crippen molar-refractivity contribution in [1.29, 1.82) is 0 Å². The lowest BCUT2D eigenvalue weighted by Crippen LogP contribution is -2.14. The molecule has 2 N–H and O–H groups in total. The Hall–Kier alpha value is -1.09. The molecule has 5 nitrogen and oxygen atoms in total. The molecule has 1 aromatic carbocycles. The Labute approximate surface area is 163 Å². The van der Waals surface area contributed by atoms with Crippen LogP contribution in [-0.2, 0) is 10.2 Å². The van der Waals surface area contributed by atoms with Crippen molar-refractivity contribution in [3.8, 4) is 0 Å². The van der Waals surface area contributed by atoms with Crippen molar-refractivity contribution < 1.29 is 27.0 Å². The van der Waals surface area contributed by atoms with E-state index in [1.165, 1.54) is 19.2 Å². The highest BCUT2D eigenvalue weighted by Crippen LogP contribution is 2.57. The molecule has 150 valence electrons. The van der Waals surface area contributed by atoms with Gasteiger partial charge < -0.3 is 14.7 Å². The quantitative estimate of drug-likeness (QED) is 0.282. The number of aromatic nitrogens is 2. The average molecular weight is 472 g/mol. The van der Waals surface area contributed by atoms with Gasteiger partial charge in [-0.25, -0.2) is 18.7 Å². The first kappa shape index (κ1) is 22.2. The maximum Gasteiger partial charge on any atom is 0.340 e. The third-order valence-corrected chi connectivity index (χ3v) is 5.44. The first-order valence-corrected chi connectivity index (χ1v) is 10.1. The zero-order chi connectivity index (χ0) is 20.2. The molecule has 1 aromatic heterocycles. The molecular formula is C16H19BrF4N3O2P. The summed E-state index contributed by atoms with van der Waals surface area (Å²) >= 11 is 3.08. The van der Waals surface area contributed by atoms with E-state index in [0.717, 1.165) is 13.0 Å². The van der Waals surface area contributed by atoms with E-state index in [1.807, 2.05) is 0 Å². The molecule has 0 bridgehead atoms. The number of hydrogen-bond acceptors (Lipinski definition) is 5. The minimum absolute atomic E-state index is 0.0456. The van der Waals surface area contributed by atoms with Gasteiger partial charge in [0, 0.05) is 34.6 Å². The van der Waals surface area contributed by atoms with Crippen LogP contribution in [-0.4, -0.2) is 33.9 Å². The maximum absolute atomic E-state index is 14.5. The third-order valence-electron chi connectivity index (χ3n) is 3.56. The van der Waals surface area contributed by atoms with Gasteiger partial charge >= 0.3 is 5.66 Å². The third kappa shape index (κ3) is 5.94. The number of nitrogens with zero attached hydrogens (tertiary/aromatic N) is 2. The van der Waals surface area contributed by atoms with E-state index in [9.17, 15) is 22.5 Å². The summed E-state index contributed by atoms with van der Waals surface area (Å²) < 4.78 is 59.4. The van der Waals surface area contributed by atoms with E-state index >= 15 is 0 Å². The van der Waals surface area contributed by atoms with Gasteiger partial charge in [-0.3, -0.25) is 0 Å². The SMILES string of the molecule is CCOP(O)C(F)(F)c1cc2nc(NCCCC(C)(F)F)ncc2cc1Br. The van der Waals surface area contributed by atoms with Gasteiger partial charge in [0.25, 0.3) is 0 Å². The molecule has 1 heterocycles. The minimum Gasteiger partial charge on any atom is -0.354 e. The van der Waals surface area contributed by atoms with Crippen LogP contribution >= 0.6 is 24.3 Å². The molecule has 0 saturated heterocycles. The fourth-order valence-corrected chi connectivity index (χ4v) is 3.83. The van der Waals surface area contributed by atoms with Gasteiger partial charge in [-0.1, -0.05) is 15.9 Å². The minimum atomic E-state index is -3.59. The molecule has 2 aromatic rings. The van der Waals surface area contributed by atoms with Crippen molar-refractivity contribution >= 4 is 41.2 Å². The number of halogens is 5. The highest BCUT2D eigenvalue weighted by atomic mass is 79.9. The van der Waals surface area contributed by atoms with Crippen LogP contribution in [0.1, 0.15) is 32.3 Å². The summed E-state index contributed by atoms with van der Waals surface area (Å²) in [7, 11) is -3.00. The van der Waals surface area contributed by atoms with Gasteiger partial charge in [0.2, 0.25) is 20.2 Å². The van der Waals surface area contributed by atoms with Crippen LogP contribution in [0, 0.1) is 0 Å². The van der Waals surface area contributed by atoms with Crippen molar-refractivity contribution in [2.45, 2.75) is 38.3 Å². The molecule has 0 fully saturated rings. The Kier molecular flexibility index (Phi) is 7.35. The van der Waals surface area contributed by atoms with Gasteiger partial charge in [-0.05, 0) is 32.4 Å². The van der Waals surface area contributed by atoms with Crippen LogP contribution in [0.25, 0.3) is 10.9 Å². The summed E-state index contributed by atoms with van der Waals surface area (Å²) in [5.74, 6) is -2.60. The predicted molar refractivity (Wildman–Crippen MR) is 100 cm³/mol. The average Bonchev–Trinajstić information content (AvgIpc) is 2.57. The molecule has 0 spiro atoms. The largest absolute Gasteiger partial charge is 0.354 e. The van der Waals surface area contributed by atoms with Crippen molar-refractivity contribution in [3.05, 3.63) is 28.4 Å². The van der Waals surface area contributed by atoms with Crippen LogP contribution < -0.4 is 5.32 Å². The molecule has 0 aliphatic carbocycles. The summed E-state index contributed by atoms with van der Waals surface area (Å²) in [4.78, 5) is 17.9. The van der Waals surface area contributed by atoms with E-state index in [0.29, 0.717) is 5.39 Å². The molecule has 0 amide bonds. The molecule has 11 heteroatoms. The Balaban J connectivity index is 2.23. The zero-order valence-electron chi connectivity index (χ0n) is 14.6. The van der Waals surface area contributed by atoms with E-state index in [4.69, 9.17) is 0 Å². The smallest absolute Gasteiger partial charge is 0.340 e. The first-order valence-electron chi connectivity index (χ1n) is 8.13. The summed E-state index contributed by atoms with van der Waals surface area (Å²) in [6, 6.07) is 2.58. The molecule has 0 aliphatic heterocycles. The van der Waals surface area contributed by atoms with E-state index in [2.05, 4.69) is 35.7 Å². The Morgan fingerprint density at radius 2 is 2.00 bits per heavy atom. The maximum atomic E-state index is 14.5. The lowest BCUT2D eigenvalue weighted by Gasteiger charge is -2.22. The fourth-order valence-electron chi connectivity index (χ4n) is 2.27. The molecule has 0 radical (unpaired) electrons. The summed E-state index contributed by atoms with van der Waals surface area (Å²) in [5, 5.41) is 3.31. The molecule has 0 saturated carbocycles. The highest BCUT2D eigenvalue weighted by Gasteiger charge is 2.44. The summed E-state index contributed by atoms with van der Waals surface area (Å²) in [6.07, 6.45) is 1.36. The van der Waals surface area contributed by atoms with Gasteiger partial charge in [0.15, 0.2) is 0 Å². The topological polar surface area (TPSA) is 67.3 Å². The van der Waals surface area contributed by atoms with Gasteiger partial charge in [-0.15, -0.1) is 0 Å². The predicted octanol–water partition coefficient (Wildman–Crippen LogP) is 5.63. The standard InChI is InChI=1S/C16H19BrF4N3O2P/c1-3-26-27(25)16(20,21)11-8-13-10(7-12(11)17)9-23-14(24-13)22-6-4-5-15(2,18)19/h7-9,25H,3-6H2,1-2H3,(H,22,23,24). The number of nitrogens with one attached hydrogen (secondary N) is 1. The Morgan fingerprint density at radius 3 is 2.63 bits per heavy atom. The Morgan fingerprint density at radius 1 is 1.30 bits per heavy atom. The summed E-state index contributed by atoms with van der Waals surface area (Å²) in [6.45, 7) is 2.53. The lowest BCUT2D eigenvalue weighted by molar-refractivity contribution is 0.0119. The molecular weight excluding hydrogens is 453 g/mol. The van der Waals surface area contributed by atoms with Crippen LogP contribution in [0.2, 0.25) is 0 Å². The van der Waals surface area contributed by atoms with Crippen molar-refractivity contribution in [2.24, 2.45) is 0 Å². The number of hydrogen-bond donors (Lipinski definition) is 2. The molecule has 27 heavy (non-hydrogen) atoms. The second-order valence-corrected chi connectivity index (χ2v) is 8.14. The molecule has 2 rings (SSSR count). The number of alkyl halides is 4. The van der Waals surface area contributed by atoms with E-state index < -0.39 is 25.5 Å². The van der Waals surface area contributed by atoms with Crippen molar-refractivity contribution in [3.63, 3.8) is 0 Å². The van der Waals surface area contributed by atoms with Crippen molar-refractivity contribution in [1.82, 2.24) is 9.97 Å². The van der Waals surface area contributed by atoms with Crippen molar-refractivity contribution in [2.75, 3.05) is 18.5 Å². The van der Waals surface area contributed by atoms with Gasteiger partial charge in [0.1, 0.15) is 0 Å². The van der Waals surface area contributed by atoms with Gasteiger partial charge in [-0.2, -0.15) is 8.78 Å². The first-order chi connectivity index (χ1) is 12.5. The van der Waals surface area contributed by atoms with Crippen LogP contribution in [0.3, 0.4) is 0 Å². The number of anilines is 1. The number of rotatable bonds is 9. The summed E-state index contributed by atoms with van der Waals surface area (Å²) in [5.41, 5.74) is -3.82. The monoisotopic (exact) mass is 471 g/mol.